The van der Waals surface area contributed by atoms with Crippen molar-refractivity contribution in [3.05, 3.63) is 12.4 Å². The quantitative estimate of drug-likeness (QED) is 0.698. The number of rotatable bonds is 2. The summed E-state index contributed by atoms with van der Waals surface area (Å²) in [6.45, 7) is 0. The smallest absolute Gasteiger partial charge is 0.235 e. The highest BCUT2D eigenvalue weighted by molar-refractivity contribution is 9.09. The molecule has 10 heavy (non-hydrogen) atoms. The summed E-state index contributed by atoms with van der Waals surface area (Å²) in [6.07, 6.45) is 3.15. The Morgan fingerprint density at radius 3 is 3.20 bits per heavy atom. The molecular weight excluding hydrogens is 198 g/mol. The molecule has 0 fully saturated rings. The number of carbonyl (C=O) groups is 1. The van der Waals surface area contributed by atoms with Crippen molar-refractivity contribution in [3.8, 4) is 0 Å². The van der Waals surface area contributed by atoms with E-state index in [1.807, 2.05) is 0 Å². The van der Waals surface area contributed by atoms with E-state index in [9.17, 15) is 4.79 Å². The summed E-state index contributed by atoms with van der Waals surface area (Å²) < 4.78 is 0. The molecule has 0 aliphatic heterocycles. The summed E-state index contributed by atoms with van der Waals surface area (Å²) >= 11 is 3.02. The second-order valence-electron chi connectivity index (χ2n) is 1.67. The van der Waals surface area contributed by atoms with Gasteiger partial charge in [-0.15, -0.1) is 0 Å². The number of aromatic nitrogens is 2. The van der Waals surface area contributed by atoms with E-state index >= 15 is 0 Å². The maximum Gasteiger partial charge on any atom is 0.235 e. The second kappa shape index (κ2) is 3.36. The van der Waals surface area contributed by atoms with E-state index in [2.05, 4.69) is 31.4 Å². The number of amides is 1. The average molecular weight is 204 g/mol. The highest BCUT2D eigenvalue weighted by Gasteiger charge is 1.98. The van der Waals surface area contributed by atoms with Crippen LogP contribution in [0.15, 0.2) is 12.4 Å². The van der Waals surface area contributed by atoms with Gasteiger partial charge in [0.25, 0.3) is 0 Å². The Morgan fingerprint density at radius 2 is 2.70 bits per heavy atom. The van der Waals surface area contributed by atoms with Crippen LogP contribution in [0.3, 0.4) is 0 Å². The van der Waals surface area contributed by atoms with Crippen LogP contribution < -0.4 is 5.32 Å². The van der Waals surface area contributed by atoms with Gasteiger partial charge in [0.05, 0.1) is 17.2 Å². The van der Waals surface area contributed by atoms with Crippen LogP contribution in [0.5, 0.6) is 0 Å². The van der Waals surface area contributed by atoms with Gasteiger partial charge in [-0.25, -0.2) is 0 Å². The molecule has 0 aliphatic rings. The Bertz CT molecular complexity index is 209. The molecule has 0 bridgehead atoms. The predicted molar refractivity (Wildman–Crippen MR) is 41.0 cm³/mol. The van der Waals surface area contributed by atoms with E-state index in [1.165, 1.54) is 0 Å². The van der Waals surface area contributed by atoms with E-state index < -0.39 is 0 Å². The number of alkyl halides is 1. The zero-order valence-electron chi connectivity index (χ0n) is 5.10. The standard InChI is InChI=1S/C5H6BrN3O/c6-1-5(10)9-4-2-7-8-3-4/h2-3H,1H2,(H,7,8)(H,9,10). The number of hydrogen-bond donors (Lipinski definition) is 2. The maximum atomic E-state index is 10.7. The van der Waals surface area contributed by atoms with Crippen LogP contribution in [0.2, 0.25) is 0 Å². The minimum Gasteiger partial charge on any atom is -0.323 e. The number of H-pyrrole nitrogens is 1. The molecule has 1 aromatic rings. The molecule has 0 saturated carbocycles. The van der Waals surface area contributed by atoms with Crippen LogP contribution >= 0.6 is 15.9 Å². The van der Waals surface area contributed by atoms with Gasteiger partial charge in [-0.2, -0.15) is 5.10 Å². The number of anilines is 1. The van der Waals surface area contributed by atoms with E-state index in [1.54, 1.807) is 12.4 Å². The largest absolute Gasteiger partial charge is 0.323 e. The van der Waals surface area contributed by atoms with Crippen LogP contribution in [-0.4, -0.2) is 21.4 Å². The molecule has 1 heterocycles. The number of halogens is 1. The number of hydrogen-bond acceptors (Lipinski definition) is 2. The molecule has 0 unspecified atom stereocenters. The lowest BCUT2D eigenvalue weighted by molar-refractivity contribution is -0.113. The lowest BCUT2D eigenvalue weighted by Gasteiger charge is -1.94. The van der Waals surface area contributed by atoms with Crippen molar-refractivity contribution in [2.24, 2.45) is 0 Å². The first-order chi connectivity index (χ1) is 4.83. The summed E-state index contributed by atoms with van der Waals surface area (Å²) in [5.41, 5.74) is 0.685. The summed E-state index contributed by atoms with van der Waals surface area (Å²) in [4.78, 5) is 10.7. The van der Waals surface area contributed by atoms with Crippen molar-refractivity contribution in [1.29, 1.82) is 0 Å². The van der Waals surface area contributed by atoms with Crippen molar-refractivity contribution < 1.29 is 4.79 Å². The van der Waals surface area contributed by atoms with Crippen LogP contribution in [0.4, 0.5) is 5.69 Å². The molecule has 2 N–H and O–H groups in total. The first-order valence-electron chi connectivity index (χ1n) is 2.67. The summed E-state index contributed by atoms with van der Waals surface area (Å²) in [6, 6.07) is 0. The Hall–Kier alpha value is -0.840. The van der Waals surface area contributed by atoms with Crippen molar-refractivity contribution in [1.82, 2.24) is 10.2 Å². The Labute approximate surface area is 66.1 Å². The van der Waals surface area contributed by atoms with Gasteiger partial charge in [-0.05, 0) is 0 Å². The number of carbonyl (C=O) groups excluding carboxylic acids is 1. The topological polar surface area (TPSA) is 57.8 Å². The molecule has 0 atom stereocenters. The zero-order valence-corrected chi connectivity index (χ0v) is 6.68. The molecule has 0 aromatic carbocycles. The van der Waals surface area contributed by atoms with Gasteiger partial charge in [-0.3, -0.25) is 9.89 Å². The summed E-state index contributed by atoms with van der Waals surface area (Å²) in [5, 5.41) is 9.13. The zero-order chi connectivity index (χ0) is 7.40. The summed E-state index contributed by atoms with van der Waals surface area (Å²) in [7, 11) is 0. The van der Waals surface area contributed by atoms with Gasteiger partial charge in [0.2, 0.25) is 5.91 Å². The molecule has 4 nitrogen and oxygen atoms in total. The first kappa shape index (κ1) is 7.27. The molecule has 1 amide bonds. The highest BCUT2D eigenvalue weighted by atomic mass is 79.9. The molecule has 5 heteroatoms. The fourth-order valence-electron chi connectivity index (χ4n) is 0.514. The third-order valence-electron chi connectivity index (χ3n) is 0.903. The fourth-order valence-corrected chi connectivity index (χ4v) is 0.654. The van der Waals surface area contributed by atoms with Crippen LogP contribution in [0.1, 0.15) is 0 Å². The molecule has 0 aliphatic carbocycles. The van der Waals surface area contributed by atoms with Crippen molar-refractivity contribution in [2.75, 3.05) is 10.6 Å². The third kappa shape index (κ3) is 1.84. The molecule has 0 saturated heterocycles. The number of aromatic amines is 1. The van der Waals surface area contributed by atoms with Gasteiger partial charge < -0.3 is 5.32 Å². The Balaban J connectivity index is 2.48. The van der Waals surface area contributed by atoms with Gasteiger partial charge in [0.15, 0.2) is 0 Å². The molecular formula is C5H6BrN3O. The Morgan fingerprint density at radius 1 is 1.90 bits per heavy atom. The SMILES string of the molecule is O=C(CBr)Nc1cn[nH]c1. The highest BCUT2D eigenvalue weighted by Crippen LogP contribution is 2.00. The van der Waals surface area contributed by atoms with Gasteiger partial charge >= 0.3 is 0 Å². The van der Waals surface area contributed by atoms with Gasteiger partial charge in [0.1, 0.15) is 0 Å². The van der Waals surface area contributed by atoms with Crippen molar-refractivity contribution >= 4 is 27.5 Å². The maximum absolute atomic E-state index is 10.7. The van der Waals surface area contributed by atoms with Crippen molar-refractivity contribution in [2.45, 2.75) is 0 Å². The summed E-state index contributed by atoms with van der Waals surface area (Å²) in [5.74, 6) is -0.0820. The van der Waals surface area contributed by atoms with E-state index in [-0.39, 0.29) is 5.91 Å². The molecule has 0 radical (unpaired) electrons. The minimum atomic E-state index is -0.0820. The van der Waals surface area contributed by atoms with Crippen LogP contribution in [0, 0.1) is 0 Å². The van der Waals surface area contributed by atoms with E-state index in [0.29, 0.717) is 11.0 Å². The third-order valence-corrected chi connectivity index (χ3v) is 1.41. The molecule has 0 spiro atoms. The number of nitrogens with one attached hydrogen (secondary N) is 2. The first-order valence-corrected chi connectivity index (χ1v) is 3.79. The number of nitrogens with zero attached hydrogens (tertiary/aromatic N) is 1. The van der Waals surface area contributed by atoms with Crippen molar-refractivity contribution in [3.63, 3.8) is 0 Å². The Kier molecular flexibility index (Phi) is 2.44. The lowest BCUT2D eigenvalue weighted by Crippen LogP contribution is -2.11. The minimum absolute atomic E-state index is 0.0820. The molecule has 1 rings (SSSR count). The molecule has 54 valence electrons. The molecule has 1 aromatic heterocycles. The predicted octanol–water partition coefficient (Wildman–Crippen LogP) is 0.743. The normalized spacial score (nSPS) is 9.30. The van der Waals surface area contributed by atoms with E-state index in [4.69, 9.17) is 0 Å². The average Bonchev–Trinajstić information content (AvgIpc) is 2.40. The second-order valence-corrected chi connectivity index (χ2v) is 2.23. The van der Waals surface area contributed by atoms with E-state index in [0.717, 1.165) is 0 Å². The fraction of sp³-hybridized carbons (Fsp3) is 0.200. The lowest BCUT2D eigenvalue weighted by atomic mass is 10.5. The monoisotopic (exact) mass is 203 g/mol. The van der Waals surface area contributed by atoms with Gasteiger partial charge in [-0.1, -0.05) is 15.9 Å². The van der Waals surface area contributed by atoms with Gasteiger partial charge in [0, 0.05) is 6.20 Å². The van der Waals surface area contributed by atoms with Crippen LogP contribution in [0.25, 0.3) is 0 Å². The van der Waals surface area contributed by atoms with Crippen LogP contribution in [-0.2, 0) is 4.79 Å².